The van der Waals surface area contributed by atoms with Crippen molar-refractivity contribution in [1.29, 1.82) is 0 Å². The summed E-state index contributed by atoms with van der Waals surface area (Å²) in [6.45, 7) is 1.75. The number of rotatable bonds is 1. The highest BCUT2D eigenvalue weighted by Crippen LogP contribution is 2.25. The first-order chi connectivity index (χ1) is 6.00. The lowest BCUT2D eigenvalue weighted by atomic mass is 10.1. The molecule has 0 heterocycles. The number of nitro groups is 1. The van der Waals surface area contributed by atoms with E-state index in [0.29, 0.717) is 4.48 Å². The summed E-state index contributed by atoms with van der Waals surface area (Å²) in [7, 11) is 0. The highest BCUT2D eigenvalue weighted by Gasteiger charge is 2.20. The van der Waals surface area contributed by atoms with Crippen LogP contribution in [0.3, 0.4) is 0 Å². The van der Waals surface area contributed by atoms with Crippen LogP contribution in [0.15, 0.2) is 34.2 Å². The third-order valence-electron chi connectivity index (χ3n) is 1.55. The summed E-state index contributed by atoms with van der Waals surface area (Å²) in [5.74, 6) is -0.975. The molecular formula is C8H7BrFNO2. The molecule has 1 unspecified atom stereocenters. The van der Waals surface area contributed by atoms with Gasteiger partial charge in [0, 0.05) is 16.5 Å². The van der Waals surface area contributed by atoms with Crippen LogP contribution in [0, 0.1) is 16.0 Å². The maximum atomic E-state index is 13.1. The van der Waals surface area contributed by atoms with E-state index in [1.165, 1.54) is 6.08 Å². The standard InChI is InChI=1S/C8H7BrFNO2/c1-5-2-6(9)4-7(10)8(3-5)11(12)13/h2-5H,1H3. The van der Waals surface area contributed by atoms with E-state index in [1.807, 2.05) is 0 Å². The van der Waals surface area contributed by atoms with Crippen molar-refractivity contribution in [2.45, 2.75) is 6.92 Å². The van der Waals surface area contributed by atoms with Gasteiger partial charge in [0.05, 0.1) is 4.92 Å². The van der Waals surface area contributed by atoms with Crippen molar-refractivity contribution in [2.75, 3.05) is 0 Å². The van der Waals surface area contributed by atoms with Crippen molar-refractivity contribution in [3.05, 3.63) is 44.3 Å². The minimum Gasteiger partial charge on any atom is -0.258 e. The molecular weight excluding hydrogens is 241 g/mol. The molecule has 0 aromatic heterocycles. The summed E-state index contributed by atoms with van der Waals surface area (Å²) in [5.41, 5.74) is -0.474. The molecule has 0 saturated carbocycles. The van der Waals surface area contributed by atoms with Gasteiger partial charge in [0.25, 0.3) is 0 Å². The summed E-state index contributed by atoms with van der Waals surface area (Å²) in [6, 6.07) is 0. The number of hydrogen-bond acceptors (Lipinski definition) is 2. The normalized spacial score (nSPS) is 22.7. The number of allylic oxidation sites excluding steroid dienone is 5. The molecule has 0 saturated heterocycles. The van der Waals surface area contributed by atoms with Gasteiger partial charge in [-0.25, -0.2) is 0 Å². The SMILES string of the molecule is CC1C=C(Br)C=C(F)C([N+](=O)[O-])=C1. The quantitative estimate of drug-likeness (QED) is 0.528. The van der Waals surface area contributed by atoms with E-state index in [-0.39, 0.29) is 5.92 Å². The van der Waals surface area contributed by atoms with E-state index < -0.39 is 16.4 Å². The monoisotopic (exact) mass is 247 g/mol. The van der Waals surface area contributed by atoms with Crippen molar-refractivity contribution in [2.24, 2.45) is 5.92 Å². The van der Waals surface area contributed by atoms with Crippen molar-refractivity contribution >= 4 is 15.9 Å². The zero-order valence-corrected chi connectivity index (χ0v) is 8.42. The molecule has 0 N–H and O–H groups in total. The lowest BCUT2D eigenvalue weighted by molar-refractivity contribution is -0.423. The Hall–Kier alpha value is -0.970. The van der Waals surface area contributed by atoms with Crippen LogP contribution in [-0.2, 0) is 0 Å². The summed E-state index contributed by atoms with van der Waals surface area (Å²) in [4.78, 5) is 9.67. The van der Waals surface area contributed by atoms with E-state index in [2.05, 4.69) is 15.9 Å². The van der Waals surface area contributed by atoms with Crippen LogP contribution in [-0.4, -0.2) is 4.92 Å². The van der Waals surface area contributed by atoms with Crippen LogP contribution in [0.25, 0.3) is 0 Å². The van der Waals surface area contributed by atoms with Gasteiger partial charge in [-0.1, -0.05) is 28.9 Å². The average Bonchev–Trinajstić information content (AvgIpc) is 2.09. The molecule has 0 aromatic carbocycles. The lowest BCUT2D eigenvalue weighted by Crippen LogP contribution is -2.00. The molecule has 1 atom stereocenters. The summed E-state index contributed by atoms with van der Waals surface area (Å²) >= 11 is 3.08. The fraction of sp³-hybridized carbons (Fsp3) is 0.250. The number of halogens is 2. The van der Waals surface area contributed by atoms with Gasteiger partial charge in [-0.15, -0.1) is 0 Å². The average molecular weight is 248 g/mol. The number of nitrogens with zero attached hydrogens (tertiary/aromatic N) is 1. The Kier molecular flexibility index (Phi) is 2.98. The van der Waals surface area contributed by atoms with E-state index in [0.717, 1.165) is 6.08 Å². The van der Waals surface area contributed by atoms with E-state index in [4.69, 9.17) is 0 Å². The molecule has 13 heavy (non-hydrogen) atoms. The zero-order valence-electron chi connectivity index (χ0n) is 6.83. The Morgan fingerprint density at radius 2 is 2.23 bits per heavy atom. The molecule has 0 amide bonds. The molecule has 5 heteroatoms. The van der Waals surface area contributed by atoms with E-state index in [1.54, 1.807) is 13.0 Å². The minimum absolute atomic E-state index is 0.153. The van der Waals surface area contributed by atoms with Crippen LogP contribution in [0.4, 0.5) is 4.39 Å². The van der Waals surface area contributed by atoms with Crippen LogP contribution in [0.1, 0.15) is 6.92 Å². The first kappa shape index (κ1) is 10.1. The highest BCUT2D eigenvalue weighted by atomic mass is 79.9. The summed E-state index contributed by atoms with van der Waals surface area (Å²) in [5, 5.41) is 10.4. The van der Waals surface area contributed by atoms with Crippen LogP contribution >= 0.6 is 15.9 Å². The smallest absolute Gasteiger partial charge is 0.258 e. The second-order valence-corrected chi connectivity index (χ2v) is 3.63. The second-order valence-electron chi connectivity index (χ2n) is 2.71. The largest absolute Gasteiger partial charge is 0.301 e. The topological polar surface area (TPSA) is 43.1 Å². The first-order valence-electron chi connectivity index (χ1n) is 3.62. The molecule has 0 spiro atoms. The molecule has 0 radical (unpaired) electrons. The predicted molar refractivity (Wildman–Crippen MR) is 50.4 cm³/mol. The van der Waals surface area contributed by atoms with Gasteiger partial charge < -0.3 is 0 Å². The van der Waals surface area contributed by atoms with Crippen molar-refractivity contribution in [3.63, 3.8) is 0 Å². The summed E-state index contributed by atoms with van der Waals surface area (Å²) < 4.78 is 13.6. The second kappa shape index (κ2) is 3.83. The van der Waals surface area contributed by atoms with Gasteiger partial charge in [-0.3, -0.25) is 10.1 Å². The number of hydrogen-bond donors (Lipinski definition) is 0. The molecule has 70 valence electrons. The Balaban J connectivity index is 3.12. The van der Waals surface area contributed by atoms with Gasteiger partial charge in [0.1, 0.15) is 0 Å². The van der Waals surface area contributed by atoms with E-state index >= 15 is 0 Å². The predicted octanol–water partition coefficient (Wildman–Crippen LogP) is 2.93. The fourth-order valence-electron chi connectivity index (χ4n) is 1.02. The van der Waals surface area contributed by atoms with Crippen molar-refractivity contribution in [1.82, 2.24) is 0 Å². The molecule has 0 bridgehead atoms. The van der Waals surface area contributed by atoms with Gasteiger partial charge in [-0.05, 0) is 6.08 Å². The highest BCUT2D eigenvalue weighted by molar-refractivity contribution is 9.11. The van der Waals surface area contributed by atoms with Gasteiger partial charge >= 0.3 is 5.70 Å². The van der Waals surface area contributed by atoms with Gasteiger partial charge in [0.2, 0.25) is 5.83 Å². The first-order valence-corrected chi connectivity index (χ1v) is 4.41. The van der Waals surface area contributed by atoms with E-state index in [9.17, 15) is 14.5 Å². The molecule has 1 aliphatic rings. The molecule has 1 aliphatic carbocycles. The van der Waals surface area contributed by atoms with Gasteiger partial charge in [-0.2, -0.15) is 4.39 Å². The fourth-order valence-corrected chi connectivity index (χ4v) is 1.64. The molecule has 0 aliphatic heterocycles. The Labute approximate surface area is 82.9 Å². The molecule has 1 rings (SSSR count). The zero-order chi connectivity index (χ0) is 10.0. The molecule has 3 nitrogen and oxygen atoms in total. The maximum Gasteiger partial charge on any atom is 0.301 e. The third-order valence-corrected chi connectivity index (χ3v) is 2.04. The van der Waals surface area contributed by atoms with Crippen LogP contribution in [0.5, 0.6) is 0 Å². The Morgan fingerprint density at radius 3 is 2.77 bits per heavy atom. The van der Waals surface area contributed by atoms with Crippen molar-refractivity contribution < 1.29 is 9.31 Å². The minimum atomic E-state index is -0.822. The molecule has 0 fully saturated rings. The van der Waals surface area contributed by atoms with Crippen LogP contribution in [0.2, 0.25) is 0 Å². The van der Waals surface area contributed by atoms with Gasteiger partial charge in [0.15, 0.2) is 0 Å². The Bertz CT molecular complexity index is 333. The lowest BCUT2D eigenvalue weighted by Gasteiger charge is -1.95. The van der Waals surface area contributed by atoms with Crippen molar-refractivity contribution in [3.8, 4) is 0 Å². The van der Waals surface area contributed by atoms with Crippen LogP contribution < -0.4 is 0 Å². The molecule has 0 aromatic rings. The Morgan fingerprint density at radius 1 is 1.62 bits per heavy atom. The third kappa shape index (κ3) is 2.48. The summed E-state index contributed by atoms with van der Waals surface area (Å²) in [6.07, 6.45) is 4.06. The maximum absolute atomic E-state index is 13.1.